The third-order valence-corrected chi connectivity index (χ3v) is 2.63. The Balaban J connectivity index is 2.34. The smallest absolute Gasteiger partial charge is 0.0385 e. The van der Waals surface area contributed by atoms with Crippen LogP contribution in [0.2, 0.25) is 0 Å². The van der Waals surface area contributed by atoms with Crippen molar-refractivity contribution in [1.29, 1.82) is 0 Å². The number of hydrogen-bond donors (Lipinski definition) is 2. The summed E-state index contributed by atoms with van der Waals surface area (Å²) in [6.07, 6.45) is 9.75. The Morgan fingerprint density at radius 1 is 1.38 bits per heavy atom. The molecule has 0 aromatic heterocycles. The maximum atomic E-state index is 6.02. The molecule has 1 aliphatic heterocycles. The lowest BCUT2D eigenvalue weighted by Crippen LogP contribution is -2.34. The molecule has 0 saturated heterocycles. The normalized spacial score (nSPS) is 32.5. The van der Waals surface area contributed by atoms with Gasteiger partial charge in [-0.3, -0.25) is 0 Å². The van der Waals surface area contributed by atoms with Crippen molar-refractivity contribution in [3.05, 3.63) is 35.6 Å². The van der Waals surface area contributed by atoms with E-state index < -0.39 is 0 Å². The van der Waals surface area contributed by atoms with Gasteiger partial charge in [-0.15, -0.1) is 0 Å². The minimum atomic E-state index is 0.211. The Morgan fingerprint density at radius 3 is 3.00 bits per heavy atom. The van der Waals surface area contributed by atoms with Gasteiger partial charge >= 0.3 is 0 Å². The van der Waals surface area contributed by atoms with Crippen LogP contribution in [0.5, 0.6) is 0 Å². The summed E-state index contributed by atoms with van der Waals surface area (Å²) < 4.78 is 0. The molecule has 2 nitrogen and oxygen atoms in total. The molecule has 0 spiro atoms. The van der Waals surface area contributed by atoms with Gasteiger partial charge < -0.3 is 11.1 Å². The molecule has 1 aliphatic carbocycles. The summed E-state index contributed by atoms with van der Waals surface area (Å²) in [5, 5.41) is 3.37. The quantitative estimate of drug-likeness (QED) is 0.584. The van der Waals surface area contributed by atoms with Crippen LogP contribution in [-0.2, 0) is 0 Å². The maximum Gasteiger partial charge on any atom is 0.0385 e. The molecule has 2 heteroatoms. The lowest BCUT2D eigenvalue weighted by molar-refractivity contribution is 0.611. The fourth-order valence-corrected chi connectivity index (χ4v) is 1.76. The van der Waals surface area contributed by atoms with Gasteiger partial charge in [0.2, 0.25) is 0 Å². The summed E-state index contributed by atoms with van der Waals surface area (Å²) in [6.45, 7) is 3.17. The molecule has 0 aromatic carbocycles. The summed E-state index contributed by atoms with van der Waals surface area (Å²) in [5.41, 5.74) is 8.49. The molecule has 2 aliphatic rings. The van der Waals surface area contributed by atoms with Gasteiger partial charge in [-0.2, -0.15) is 0 Å². The van der Waals surface area contributed by atoms with E-state index in [1.54, 1.807) is 0 Å². The van der Waals surface area contributed by atoms with E-state index in [-0.39, 0.29) is 6.04 Å². The number of allylic oxidation sites excluding steroid dienone is 3. The van der Waals surface area contributed by atoms with Crippen molar-refractivity contribution in [1.82, 2.24) is 5.32 Å². The number of nitrogens with two attached hydrogens (primary N) is 1. The molecule has 0 bridgehead atoms. The first-order valence-corrected chi connectivity index (χ1v) is 4.87. The van der Waals surface area contributed by atoms with Crippen LogP contribution in [0.15, 0.2) is 35.6 Å². The third kappa shape index (κ3) is 1.68. The van der Waals surface area contributed by atoms with E-state index in [0.717, 1.165) is 13.0 Å². The summed E-state index contributed by atoms with van der Waals surface area (Å²) in [6, 6.07) is 0.211. The van der Waals surface area contributed by atoms with Crippen LogP contribution < -0.4 is 11.1 Å². The molecular weight excluding hydrogens is 160 g/mol. The Bertz CT molecular complexity index is 286. The molecule has 2 rings (SSSR count). The van der Waals surface area contributed by atoms with Gasteiger partial charge in [0.1, 0.15) is 0 Å². The van der Waals surface area contributed by atoms with Gasteiger partial charge in [0.15, 0.2) is 0 Å². The van der Waals surface area contributed by atoms with Gasteiger partial charge in [-0.05, 0) is 24.0 Å². The molecular formula is C11H16N2. The molecule has 70 valence electrons. The molecule has 0 fully saturated rings. The van der Waals surface area contributed by atoms with Crippen molar-refractivity contribution in [3.8, 4) is 0 Å². The number of rotatable bonds is 0. The minimum Gasteiger partial charge on any atom is -0.385 e. The standard InChI is InChI=1S/C11H16N2/c1-8-2-4-9-10(12)6-7-13-11(9)5-3-8/h2-5,8,10,13H,6-7,12H2,1H3. The minimum absolute atomic E-state index is 0.211. The highest BCUT2D eigenvalue weighted by Gasteiger charge is 2.17. The van der Waals surface area contributed by atoms with Gasteiger partial charge in [0.25, 0.3) is 0 Å². The first-order valence-electron chi connectivity index (χ1n) is 4.87. The third-order valence-electron chi connectivity index (χ3n) is 2.63. The van der Waals surface area contributed by atoms with Crippen LogP contribution in [0.1, 0.15) is 13.3 Å². The topological polar surface area (TPSA) is 38.0 Å². The Hall–Kier alpha value is -1.02. The summed E-state index contributed by atoms with van der Waals surface area (Å²) >= 11 is 0. The molecule has 1 heterocycles. The summed E-state index contributed by atoms with van der Waals surface area (Å²) in [5.74, 6) is 0.514. The van der Waals surface area contributed by atoms with Crippen molar-refractivity contribution in [2.45, 2.75) is 19.4 Å². The second-order valence-corrected chi connectivity index (χ2v) is 3.77. The van der Waals surface area contributed by atoms with Crippen LogP contribution in [0, 0.1) is 5.92 Å². The first-order chi connectivity index (χ1) is 6.27. The van der Waals surface area contributed by atoms with E-state index in [2.05, 4.69) is 36.5 Å². The summed E-state index contributed by atoms with van der Waals surface area (Å²) in [4.78, 5) is 0. The molecule has 0 amide bonds. The van der Waals surface area contributed by atoms with Gasteiger partial charge in [0, 0.05) is 18.3 Å². The lowest BCUT2D eigenvalue weighted by atomic mass is 9.98. The Kier molecular flexibility index (Phi) is 2.23. The van der Waals surface area contributed by atoms with Crippen LogP contribution in [0.4, 0.5) is 0 Å². The number of nitrogens with one attached hydrogen (secondary N) is 1. The van der Waals surface area contributed by atoms with E-state index in [1.165, 1.54) is 11.3 Å². The predicted octanol–water partition coefficient (Wildman–Crippen LogP) is 1.32. The van der Waals surface area contributed by atoms with Crippen LogP contribution >= 0.6 is 0 Å². The Morgan fingerprint density at radius 2 is 2.15 bits per heavy atom. The zero-order valence-corrected chi connectivity index (χ0v) is 7.96. The second kappa shape index (κ2) is 3.38. The summed E-state index contributed by atoms with van der Waals surface area (Å²) in [7, 11) is 0. The second-order valence-electron chi connectivity index (χ2n) is 3.77. The van der Waals surface area contributed by atoms with E-state index in [4.69, 9.17) is 5.73 Å². The fourth-order valence-electron chi connectivity index (χ4n) is 1.76. The molecule has 2 atom stereocenters. The predicted molar refractivity (Wildman–Crippen MR) is 55.1 cm³/mol. The highest BCUT2D eigenvalue weighted by molar-refractivity contribution is 5.40. The van der Waals surface area contributed by atoms with Crippen LogP contribution in [0.25, 0.3) is 0 Å². The van der Waals surface area contributed by atoms with Crippen molar-refractivity contribution in [3.63, 3.8) is 0 Å². The van der Waals surface area contributed by atoms with Gasteiger partial charge in [0.05, 0.1) is 0 Å². The van der Waals surface area contributed by atoms with E-state index in [0.29, 0.717) is 5.92 Å². The molecule has 3 N–H and O–H groups in total. The number of hydrogen-bond acceptors (Lipinski definition) is 2. The van der Waals surface area contributed by atoms with E-state index >= 15 is 0 Å². The molecule has 0 saturated carbocycles. The lowest BCUT2D eigenvalue weighted by Gasteiger charge is -2.23. The van der Waals surface area contributed by atoms with Gasteiger partial charge in [-0.25, -0.2) is 0 Å². The van der Waals surface area contributed by atoms with Gasteiger partial charge in [-0.1, -0.05) is 25.2 Å². The van der Waals surface area contributed by atoms with Crippen molar-refractivity contribution < 1.29 is 0 Å². The van der Waals surface area contributed by atoms with Crippen molar-refractivity contribution in [2.24, 2.45) is 11.7 Å². The highest BCUT2D eigenvalue weighted by Crippen LogP contribution is 2.20. The van der Waals surface area contributed by atoms with E-state index in [1.807, 2.05) is 0 Å². The molecule has 0 radical (unpaired) electrons. The van der Waals surface area contributed by atoms with Crippen molar-refractivity contribution in [2.75, 3.05) is 6.54 Å². The highest BCUT2D eigenvalue weighted by atomic mass is 14.9. The monoisotopic (exact) mass is 176 g/mol. The zero-order chi connectivity index (χ0) is 9.26. The fraction of sp³-hybridized carbons (Fsp3) is 0.455. The molecule has 2 unspecified atom stereocenters. The largest absolute Gasteiger partial charge is 0.385 e. The molecule has 13 heavy (non-hydrogen) atoms. The SMILES string of the molecule is CC1C=CC2=C(C=C1)C(N)CCN2. The maximum absolute atomic E-state index is 6.02. The Labute approximate surface area is 79.2 Å². The van der Waals surface area contributed by atoms with E-state index in [9.17, 15) is 0 Å². The van der Waals surface area contributed by atoms with Crippen LogP contribution in [0.3, 0.4) is 0 Å². The molecule has 0 aromatic rings. The average Bonchev–Trinajstić information content (AvgIpc) is 2.30. The average molecular weight is 176 g/mol. The first kappa shape index (κ1) is 8.57. The zero-order valence-electron chi connectivity index (χ0n) is 7.96. The van der Waals surface area contributed by atoms with Crippen LogP contribution in [-0.4, -0.2) is 12.6 Å². The van der Waals surface area contributed by atoms with Crippen molar-refractivity contribution >= 4 is 0 Å².